The number of carbonyl (C=O) groups is 1. The van der Waals surface area contributed by atoms with E-state index in [0.717, 1.165) is 36.7 Å². The Balaban J connectivity index is 1.43. The zero-order valence-electron chi connectivity index (χ0n) is 14.7. The molecule has 9 heteroatoms. The maximum atomic E-state index is 11.3. The van der Waals surface area contributed by atoms with Gasteiger partial charge in [0.2, 0.25) is 11.9 Å². The molecule has 0 saturated heterocycles. The topological polar surface area (TPSA) is 118 Å². The first-order chi connectivity index (χ1) is 13.2. The highest BCUT2D eigenvalue weighted by Crippen LogP contribution is 2.22. The van der Waals surface area contributed by atoms with Gasteiger partial charge in [-0.05, 0) is 37.8 Å². The Morgan fingerprint density at radius 1 is 1.15 bits per heavy atom. The van der Waals surface area contributed by atoms with E-state index in [4.69, 9.17) is 5.11 Å². The minimum Gasteiger partial charge on any atom is -0.387 e. The Hall–Kier alpha value is -3.07. The molecule has 0 bridgehead atoms. The van der Waals surface area contributed by atoms with E-state index in [-0.39, 0.29) is 18.0 Å². The van der Waals surface area contributed by atoms with Gasteiger partial charge in [0, 0.05) is 24.3 Å². The summed E-state index contributed by atoms with van der Waals surface area (Å²) in [7, 11) is 0. The fraction of sp³-hybridized carbons (Fsp3) is 0.389. The Morgan fingerprint density at radius 3 is 2.74 bits per heavy atom. The molecular weight excluding hydrogens is 346 g/mol. The third-order valence-corrected chi connectivity index (χ3v) is 4.78. The Labute approximate surface area is 155 Å². The zero-order chi connectivity index (χ0) is 18.6. The van der Waals surface area contributed by atoms with Gasteiger partial charge in [-0.1, -0.05) is 17.3 Å². The molecular formula is C18H21N7O2. The fourth-order valence-electron chi connectivity index (χ4n) is 3.41. The van der Waals surface area contributed by atoms with Crippen molar-refractivity contribution in [2.24, 2.45) is 0 Å². The van der Waals surface area contributed by atoms with E-state index in [9.17, 15) is 4.79 Å². The van der Waals surface area contributed by atoms with Crippen molar-refractivity contribution in [3.8, 4) is 5.82 Å². The number of nitrogens with one attached hydrogen (secondary N) is 2. The molecule has 0 spiro atoms. The van der Waals surface area contributed by atoms with Crippen molar-refractivity contribution in [1.29, 1.82) is 0 Å². The number of anilines is 1. The lowest BCUT2D eigenvalue weighted by Gasteiger charge is -2.29. The summed E-state index contributed by atoms with van der Waals surface area (Å²) in [5.74, 6) is 0.891. The van der Waals surface area contributed by atoms with E-state index >= 15 is 0 Å². The van der Waals surface area contributed by atoms with Crippen molar-refractivity contribution in [2.45, 2.75) is 37.8 Å². The van der Waals surface area contributed by atoms with Crippen LogP contribution < -0.4 is 10.6 Å². The second-order valence-electron chi connectivity index (χ2n) is 6.65. The van der Waals surface area contributed by atoms with Gasteiger partial charge in [0.15, 0.2) is 5.82 Å². The molecule has 0 atom stereocenters. The lowest BCUT2D eigenvalue weighted by molar-refractivity contribution is -0.124. The van der Waals surface area contributed by atoms with Gasteiger partial charge in [0.25, 0.3) is 0 Å². The van der Waals surface area contributed by atoms with Crippen LogP contribution in [0.4, 0.5) is 5.95 Å². The zero-order valence-corrected chi connectivity index (χ0v) is 14.7. The summed E-state index contributed by atoms with van der Waals surface area (Å²) >= 11 is 0. The molecule has 3 aromatic rings. The Kier molecular flexibility index (Phi) is 4.93. The van der Waals surface area contributed by atoms with Crippen LogP contribution in [-0.2, 0) is 4.79 Å². The Bertz CT molecular complexity index is 934. The molecule has 3 N–H and O–H groups in total. The molecule has 1 aliphatic rings. The number of rotatable bonds is 5. The van der Waals surface area contributed by atoms with Crippen LogP contribution in [-0.4, -0.2) is 54.7 Å². The second-order valence-corrected chi connectivity index (χ2v) is 6.65. The molecule has 1 saturated carbocycles. The van der Waals surface area contributed by atoms with Gasteiger partial charge in [-0.3, -0.25) is 4.79 Å². The van der Waals surface area contributed by atoms with Gasteiger partial charge in [0.1, 0.15) is 12.1 Å². The molecule has 4 rings (SSSR count). The largest absolute Gasteiger partial charge is 0.387 e. The molecule has 2 aromatic heterocycles. The minimum atomic E-state index is -0.463. The van der Waals surface area contributed by atoms with Crippen molar-refractivity contribution in [3.05, 3.63) is 36.5 Å². The molecule has 1 amide bonds. The fourth-order valence-corrected chi connectivity index (χ4v) is 3.41. The first-order valence-electron chi connectivity index (χ1n) is 9.03. The quantitative estimate of drug-likeness (QED) is 0.617. The van der Waals surface area contributed by atoms with E-state index in [0.29, 0.717) is 11.8 Å². The SMILES string of the molecule is O=C(CO)N[C@H]1CC[C@H](Nc2nccc(-n3nnc4ccccc43)n2)CC1. The summed E-state index contributed by atoms with van der Waals surface area (Å²) in [6.07, 6.45) is 5.22. The first-order valence-corrected chi connectivity index (χ1v) is 9.03. The first kappa shape index (κ1) is 17.3. The molecule has 9 nitrogen and oxygen atoms in total. The van der Waals surface area contributed by atoms with Crippen molar-refractivity contribution in [2.75, 3.05) is 11.9 Å². The predicted octanol–water partition coefficient (Wildman–Crippen LogP) is 1.04. The van der Waals surface area contributed by atoms with Crippen LogP contribution in [0, 0.1) is 0 Å². The van der Waals surface area contributed by atoms with Gasteiger partial charge in [-0.15, -0.1) is 5.10 Å². The molecule has 0 unspecified atom stereocenters. The molecule has 1 aliphatic carbocycles. The highest BCUT2D eigenvalue weighted by molar-refractivity contribution is 5.77. The number of nitrogens with zero attached hydrogens (tertiary/aromatic N) is 5. The summed E-state index contributed by atoms with van der Waals surface area (Å²) in [6.45, 7) is -0.463. The Morgan fingerprint density at radius 2 is 1.93 bits per heavy atom. The number of aliphatic hydroxyl groups is 1. The number of aliphatic hydroxyl groups excluding tert-OH is 1. The van der Waals surface area contributed by atoms with Gasteiger partial charge in [-0.25, -0.2) is 4.98 Å². The third kappa shape index (κ3) is 3.87. The summed E-state index contributed by atoms with van der Waals surface area (Å²) < 4.78 is 1.70. The number of para-hydroxylation sites is 1. The third-order valence-electron chi connectivity index (χ3n) is 4.78. The highest BCUT2D eigenvalue weighted by atomic mass is 16.3. The summed E-state index contributed by atoms with van der Waals surface area (Å²) in [5, 5.41) is 23.4. The summed E-state index contributed by atoms with van der Waals surface area (Å²) in [5.41, 5.74) is 1.70. The smallest absolute Gasteiger partial charge is 0.245 e. The number of benzene rings is 1. The normalized spacial score (nSPS) is 19.7. The van der Waals surface area contributed by atoms with Gasteiger partial charge >= 0.3 is 0 Å². The number of hydrogen-bond donors (Lipinski definition) is 3. The van der Waals surface area contributed by atoms with E-state index in [1.807, 2.05) is 24.3 Å². The molecule has 2 heterocycles. The minimum absolute atomic E-state index is 0.122. The molecule has 0 radical (unpaired) electrons. The van der Waals surface area contributed by atoms with Crippen LogP contribution in [0.15, 0.2) is 36.5 Å². The summed E-state index contributed by atoms with van der Waals surface area (Å²) in [4.78, 5) is 20.2. The summed E-state index contributed by atoms with van der Waals surface area (Å²) in [6, 6.07) is 9.89. The monoisotopic (exact) mass is 367 g/mol. The van der Waals surface area contributed by atoms with E-state index in [2.05, 4.69) is 30.9 Å². The van der Waals surface area contributed by atoms with Crippen LogP contribution in [0.5, 0.6) is 0 Å². The van der Waals surface area contributed by atoms with Crippen molar-refractivity contribution in [1.82, 2.24) is 30.3 Å². The number of amides is 1. The van der Waals surface area contributed by atoms with Gasteiger partial charge < -0.3 is 15.7 Å². The molecule has 27 heavy (non-hydrogen) atoms. The van der Waals surface area contributed by atoms with Crippen molar-refractivity contribution >= 4 is 22.9 Å². The standard InChI is InChI=1S/C18H21N7O2/c26-11-17(27)20-12-5-7-13(8-6-12)21-18-19-10-9-16(22-18)25-15-4-2-1-3-14(15)23-24-25/h1-4,9-10,12-13,26H,5-8,11H2,(H,20,27)(H,19,21,22)/t12-,13-. The average Bonchev–Trinajstić information content (AvgIpc) is 3.14. The van der Waals surface area contributed by atoms with Crippen molar-refractivity contribution in [3.63, 3.8) is 0 Å². The lowest BCUT2D eigenvalue weighted by atomic mass is 9.91. The highest BCUT2D eigenvalue weighted by Gasteiger charge is 2.22. The van der Waals surface area contributed by atoms with E-state index < -0.39 is 6.61 Å². The van der Waals surface area contributed by atoms with Gasteiger partial charge in [-0.2, -0.15) is 9.67 Å². The van der Waals surface area contributed by atoms with Crippen LogP contribution >= 0.6 is 0 Å². The lowest BCUT2D eigenvalue weighted by Crippen LogP contribution is -2.41. The molecule has 140 valence electrons. The number of hydrogen-bond acceptors (Lipinski definition) is 7. The number of aromatic nitrogens is 5. The maximum absolute atomic E-state index is 11.3. The molecule has 0 aliphatic heterocycles. The average molecular weight is 367 g/mol. The van der Waals surface area contributed by atoms with E-state index in [1.165, 1.54) is 0 Å². The maximum Gasteiger partial charge on any atom is 0.245 e. The van der Waals surface area contributed by atoms with Crippen LogP contribution in [0.3, 0.4) is 0 Å². The van der Waals surface area contributed by atoms with Crippen LogP contribution in [0.25, 0.3) is 16.9 Å². The van der Waals surface area contributed by atoms with Gasteiger partial charge in [0.05, 0.1) is 5.52 Å². The number of carbonyl (C=O) groups excluding carboxylic acids is 1. The molecule has 1 aromatic carbocycles. The van der Waals surface area contributed by atoms with Crippen molar-refractivity contribution < 1.29 is 9.90 Å². The molecule has 1 fully saturated rings. The predicted molar refractivity (Wildman–Crippen MR) is 99.4 cm³/mol. The number of fused-ring (bicyclic) bond motifs is 1. The van der Waals surface area contributed by atoms with E-state index in [1.54, 1.807) is 16.9 Å². The van der Waals surface area contributed by atoms with Crippen LogP contribution in [0.1, 0.15) is 25.7 Å². The second kappa shape index (κ2) is 7.67. The van der Waals surface area contributed by atoms with Crippen LogP contribution in [0.2, 0.25) is 0 Å².